The van der Waals surface area contributed by atoms with E-state index in [0.717, 1.165) is 19.3 Å². The molecule has 0 N–H and O–H groups in total. The molecule has 0 bridgehead atoms. The summed E-state index contributed by atoms with van der Waals surface area (Å²) in [5, 5.41) is 0. The maximum Gasteiger partial charge on any atom is 0.101 e. The fourth-order valence-corrected chi connectivity index (χ4v) is 6.47. The molecule has 0 spiro atoms. The summed E-state index contributed by atoms with van der Waals surface area (Å²) < 4.78 is 0. The van der Waals surface area contributed by atoms with Gasteiger partial charge in [-0.05, 0) is 49.2 Å². The molecular formula is C29H36N2. The molecule has 1 heterocycles. The van der Waals surface area contributed by atoms with Crippen molar-refractivity contribution in [3.05, 3.63) is 95.9 Å². The molecule has 1 aromatic carbocycles. The highest BCUT2D eigenvalue weighted by molar-refractivity contribution is 5.38. The molecule has 0 radical (unpaired) electrons. The summed E-state index contributed by atoms with van der Waals surface area (Å²) in [5.41, 5.74) is 4.48. The van der Waals surface area contributed by atoms with Crippen molar-refractivity contribution in [2.45, 2.75) is 57.7 Å². The Morgan fingerprint density at radius 1 is 0.935 bits per heavy atom. The Hall–Kier alpha value is -2.48. The van der Waals surface area contributed by atoms with E-state index in [4.69, 9.17) is 0 Å². The van der Waals surface area contributed by atoms with E-state index in [1.807, 2.05) is 0 Å². The minimum Gasteiger partial charge on any atom is -0.353 e. The monoisotopic (exact) mass is 412 g/mol. The zero-order chi connectivity index (χ0) is 21.4. The molecule has 3 aliphatic carbocycles. The summed E-state index contributed by atoms with van der Waals surface area (Å²) in [7, 11) is 2.31. The number of rotatable bonds is 4. The van der Waals surface area contributed by atoms with Gasteiger partial charge in [-0.25, -0.2) is 0 Å². The predicted molar refractivity (Wildman–Crippen MR) is 130 cm³/mol. The number of allylic oxidation sites excluding steroid dienone is 8. The number of hydrogen-bond acceptors (Lipinski definition) is 2. The Labute approximate surface area is 188 Å². The summed E-state index contributed by atoms with van der Waals surface area (Å²) >= 11 is 0. The second-order valence-corrected chi connectivity index (χ2v) is 9.68. The average molecular weight is 413 g/mol. The summed E-state index contributed by atoms with van der Waals surface area (Å²) in [6, 6.07) is 11.7. The van der Waals surface area contributed by atoms with Crippen molar-refractivity contribution >= 4 is 0 Å². The van der Waals surface area contributed by atoms with Crippen LogP contribution in [0.15, 0.2) is 90.3 Å². The molecule has 2 nitrogen and oxygen atoms in total. The average Bonchev–Trinajstić information content (AvgIpc) is 3.12. The van der Waals surface area contributed by atoms with E-state index in [0.29, 0.717) is 35.9 Å². The normalized spacial score (nSPS) is 34.5. The van der Waals surface area contributed by atoms with Gasteiger partial charge < -0.3 is 9.80 Å². The van der Waals surface area contributed by atoms with Crippen LogP contribution in [0.25, 0.3) is 0 Å². The standard InChI is InChI=1S/C29H36N2/c1-4-27-30(3)26-20-11-13-21(2)28(26)31(27)29-24(22-14-7-5-8-15-22)18-12-19-25(29)23-16-9-6-10-17-23/h5-12,14-16,18,20-21,23-25,27,29H,4,13,17,19H2,1-3H3/t21?,23-,24?,25?,27?,29?/m0/s1. The molecule has 31 heavy (non-hydrogen) atoms. The number of likely N-dealkylation sites (N-methyl/N-ethyl adjacent to an activating group) is 1. The summed E-state index contributed by atoms with van der Waals surface area (Å²) in [6.45, 7) is 4.78. The van der Waals surface area contributed by atoms with Crippen molar-refractivity contribution in [2.75, 3.05) is 7.05 Å². The molecule has 5 unspecified atom stereocenters. The van der Waals surface area contributed by atoms with E-state index in [9.17, 15) is 0 Å². The largest absolute Gasteiger partial charge is 0.353 e. The van der Waals surface area contributed by atoms with E-state index >= 15 is 0 Å². The van der Waals surface area contributed by atoms with Gasteiger partial charge >= 0.3 is 0 Å². The third-order valence-corrected chi connectivity index (χ3v) is 7.91. The minimum atomic E-state index is 0.423. The fourth-order valence-electron chi connectivity index (χ4n) is 6.47. The smallest absolute Gasteiger partial charge is 0.101 e. The van der Waals surface area contributed by atoms with Crippen LogP contribution >= 0.6 is 0 Å². The van der Waals surface area contributed by atoms with Crippen molar-refractivity contribution in [1.29, 1.82) is 0 Å². The van der Waals surface area contributed by atoms with Gasteiger partial charge in [0.1, 0.15) is 6.17 Å². The number of hydrogen-bond donors (Lipinski definition) is 0. The highest BCUT2D eigenvalue weighted by Crippen LogP contribution is 2.49. The van der Waals surface area contributed by atoms with Crippen molar-refractivity contribution in [1.82, 2.24) is 9.80 Å². The minimum absolute atomic E-state index is 0.423. The van der Waals surface area contributed by atoms with E-state index in [1.54, 1.807) is 5.70 Å². The van der Waals surface area contributed by atoms with Crippen LogP contribution in [0, 0.1) is 17.8 Å². The first-order chi connectivity index (χ1) is 15.2. The molecule has 0 amide bonds. The molecule has 6 atom stereocenters. The Morgan fingerprint density at radius 3 is 2.52 bits per heavy atom. The van der Waals surface area contributed by atoms with Gasteiger partial charge in [-0.15, -0.1) is 0 Å². The Kier molecular flexibility index (Phi) is 5.65. The molecule has 4 aliphatic rings. The maximum absolute atomic E-state index is 2.88. The number of benzene rings is 1. The predicted octanol–water partition coefficient (Wildman–Crippen LogP) is 6.64. The van der Waals surface area contributed by atoms with Gasteiger partial charge in [0.25, 0.3) is 0 Å². The summed E-state index contributed by atoms with van der Waals surface area (Å²) in [6.07, 6.45) is 24.1. The lowest BCUT2D eigenvalue weighted by Crippen LogP contribution is -2.52. The highest BCUT2D eigenvalue weighted by atomic mass is 15.4. The molecule has 5 rings (SSSR count). The van der Waals surface area contributed by atoms with Gasteiger partial charge in [0.2, 0.25) is 0 Å². The van der Waals surface area contributed by atoms with Gasteiger partial charge in [-0.1, -0.05) is 86.7 Å². The second-order valence-electron chi connectivity index (χ2n) is 9.68. The highest BCUT2D eigenvalue weighted by Gasteiger charge is 2.47. The lowest BCUT2D eigenvalue weighted by Gasteiger charge is -2.49. The van der Waals surface area contributed by atoms with E-state index in [1.165, 1.54) is 17.7 Å². The zero-order valence-corrected chi connectivity index (χ0v) is 19.2. The maximum atomic E-state index is 2.88. The summed E-state index contributed by atoms with van der Waals surface area (Å²) in [5.74, 6) is 2.22. The quantitative estimate of drug-likeness (QED) is 0.512. The van der Waals surface area contributed by atoms with Crippen molar-refractivity contribution in [3.8, 4) is 0 Å². The first kappa shape index (κ1) is 20.4. The van der Waals surface area contributed by atoms with Crippen LogP contribution < -0.4 is 0 Å². The molecule has 1 aliphatic heterocycles. The van der Waals surface area contributed by atoms with Crippen LogP contribution in [0.3, 0.4) is 0 Å². The Bertz CT molecular complexity index is 935. The van der Waals surface area contributed by atoms with E-state index < -0.39 is 0 Å². The van der Waals surface area contributed by atoms with Gasteiger partial charge in [0.15, 0.2) is 0 Å². The van der Waals surface area contributed by atoms with Gasteiger partial charge in [-0.3, -0.25) is 0 Å². The Morgan fingerprint density at radius 2 is 1.77 bits per heavy atom. The molecule has 2 heteroatoms. The third kappa shape index (κ3) is 3.50. The fraction of sp³-hybridized carbons (Fsp3) is 0.448. The summed E-state index contributed by atoms with van der Waals surface area (Å²) in [4.78, 5) is 5.43. The van der Waals surface area contributed by atoms with Gasteiger partial charge in [-0.2, -0.15) is 0 Å². The van der Waals surface area contributed by atoms with E-state index in [-0.39, 0.29) is 0 Å². The first-order valence-electron chi connectivity index (χ1n) is 12.2. The van der Waals surface area contributed by atoms with Crippen LogP contribution in [0.4, 0.5) is 0 Å². The molecule has 162 valence electrons. The third-order valence-electron chi connectivity index (χ3n) is 7.91. The molecule has 1 aromatic rings. The van der Waals surface area contributed by atoms with Crippen LogP contribution in [0.1, 0.15) is 51.0 Å². The second kappa shape index (κ2) is 8.57. The molecule has 0 saturated carbocycles. The van der Waals surface area contributed by atoms with Crippen LogP contribution in [-0.4, -0.2) is 29.1 Å². The molecule has 0 aromatic heterocycles. The topological polar surface area (TPSA) is 6.48 Å². The molecular weight excluding hydrogens is 376 g/mol. The SMILES string of the molecule is CCC1N(C)C2=C(C(C)CC=C2)N1C1C(c2ccccc2)C=CCC1[C@H]1C=CC=CC1. The van der Waals surface area contributed by atoms with Crippen molar-refractivity contribution in [3.63, 3.8) is 0 Å². The van der Waals surface area contributed by atoms with Crippen LogP contribution in [0.5, 0.6) is 0 Å². The van der Waals surface area contributed by atoms with E-state index in [2.05, 4.69) is 110 Å². The number of nitrogens with zero attached hydrogens (tertiary/aromatic N) is 2. The molecule has 0 fully saturated rings. The lowest BCUT2D eigenvalue weighted by molar-refractivity contribution is 0.0515. The lowest BCUT2D eigenvalue weighted by atomic mass is 9.69. The van der Waals surface area contributed by atoms with Crippen molar-refractivity contribution < 1.29 is 0 Å². The van der Waals surface area contributed by atoms with Crippen LogP contribution in [0.2, 0.25) is 0 Å². The Balaban J connectivity index is 1.63. The zero-order valence-electron chi connectivity index (χ0n) is 19.2. The van der Waals surface area contributed by atoms with Gasteiger partial charge in [0.05, 0.1) is 5.70 Å². The van der Waals surface area contributed by atoms with Gasteiger partial charge in [0, 0.05) is 30.6 Å². The van der Waals surface area contributed by atoms with Crippen LogP contribution in [-0.2, 0) is 0 Å². The first-order valence-corrected chi connectivity index (χ1v) is 12.2. The molecule has 0 saturated heterocycles. The van der Waals surface area contributed by atoms with Crippen molar-refractivity contribution in [2.24, 2.45) is 17.8 Å².